The van der Waals surface area contributed by atoms with Crippen LogP contribution in [-0.2, 0) is 14.3 Å². The van der Waals surface area contributed by atoms with Gasteiger partial charge in [-0.15, -0.1) is 11.8 Å². The molecule has 1 aliphatic heterocycles. The summed E-state index contributed by atoms with van der Waals surface area (Å²) < 4.78 is 10.6. The van der Waals surface area contributed by atoms with E-state index in [4.69, 9.17) is 14.7 Å². The smallest absolute Gasteiger partial charge is 0.241 e. The van der Waals surface area contributed by atoms with Crippen LogP contribution in [0.2, 0.25) is 0 Å². The second-order valence-corrected chi connectivity index (χ2v) is 8.14. The minimum absolute atomic E-state index is 0.142. The van der Waals surface area contributed by atoms with Crippen LogP contribution in [0.25, 0.3) is 0 Å². The largest absolute Gasteiger partial charge is 0.498 e. The Morgan fingerprint density at radius 3 is 2.88 bits per heavy atom. The Morgan fingerprint density at radius 2 is 2.22 bits per heavy atom. The molecule has 2 N–H and O–H groups in total. The van der Waals surface area contributed by atoms with Gasteiger partial charge in [0.1, 0.15) is 30.0 Å². The van der Waals surface area contributed by atoms with Gasteiger partial charge in [0, 0.05) is 36.5 Å². The molecule has 0 aliphatic carbocycles. The van der Waals surface area contributed by atoms with E-state index in [9.17, 15) is 14.9 Å². The van der Waals surface area contributed by atoms with Crippen molar-refractivity contribution in [1.82, 2.24) is 10.2 Å². The van der Waals surface area contributed by atoms with Crippen LogP contribution < -0.4 is 15.4 Å². The van der Waals surface area contributed by atoms with Gasteiger partial charge in [-0.3, -0.25) is 9.59 Å². The summed E-state index contributed by atoms with van der Waals surface area (Å²) in [6.45, 7) is 5.95. The second-order valence-electron chi connectivity index (χ2n) is 6.99. The van der Waals surface area contributed by atoms with E-state index < -0.39 is 17.2 Å². The molecular formula is C22H27N5O4S. The van der Waals surface area contributed by atoms with Gasteiger partial charge in [-0.2, -0.15) is 10.5 Å². The molecule has 170 valence electrons. The third-order valence-electron chi connectivity index (χ3n) is 4.80. The molecule has 0 radical (unpaired) electrons. The lowest BCUT2D eigenvalue weighted by molar-refractivity contribution is -0.133. The number of amides is 2. The van der Waals surface area contributed by atoms with E-state index in [1.807, 2.05) is 43.3 Å². The van der Waals surface area contributed by atoms with Gasteiger partial charge in [0.25, 0.3) is 0 Å². The normalized spacial score (nSPS) is 19.0. The number of rotatable bonds is 10. The van der Waals surface area contributed by atoms with Crippen molar-refractivity contribution in [3.63, 3.8) is 0 Å². The number of hydrogen-bond acceptors (Lipinski definition) is 8. The Morgan fingerprint density at radius 1 is 1.44 bits per heavy atom. The first-order valence-corrected chi connectivity index (χ1v) is 11.1. The SMILES string of the molecule is C=C(COc1cccc(NC2CSC(C(C#N)C(=O)NCC#N)N(CC)C(=O)C2)c1)OC. The van der Waals surface area contributed by atoms with Gasteiger partial charge in [-0.25, -0.2) is 0 Å². The van der Waals surface area contributed by atoms with E-state index in [1.54, 1.807) is 4.90 Å². The first kappa shape index (κ1) is 24.9. The lowest BCUT2D eigenvalue weighted by Crippen LogP contribution is -2.46. The number of nitrogens with zero attached hydrogens (tertiary/aromatic N) is 3. The number of nitrogens with one attached hydrogen (secondary N) is 2. The molecule has 1 aromatic rings. The fraction of sp³-hybridized carbons (Fsp3) is 0.455. The van der Waals surface area contributed by atoms with Crippen molar-refractivity contribution in [3.8, 4) is 17.9 Å². The van der Waals surface area contributed by atoms with E-state index in [2.05, 4.69) is 17.2 Å². The summed E-state index contributed by atoms with van der Waals surface area (Å²) in [5.41, 5.74) is 0.786. The molecule has 10 heteroatoms. The molecule has 1 heterocycles. The maximum atomic E-state index is 12.9. The van der Waals surface area contributed by atoms with Crippen molar-refractivity contribution in [3.05, 3.63) is 36.6 Å². The first-order chi connectivity index (χ1) is 15.4. The van der Waals surface area contributed by atoms with Crippen LogP contribution in [0, 0.1) is 28.6 Å². The van der Waals surface area contributed by atoms with Crippen molar-refractivity contribution < 1.29 is 19.1 Å². The summed E-state index contributed by atoms with van der Waals surface area (Å²) >= 11 is 1.38. The number of carbonyl (C=O) groups is 2. The average Bonchev–Trinajstić information content (AvgIpc) is 2.94. The average molecular weight is 458 g/mol. The van der Waals surface area contributed by atoms with Gasteiger partial charge in [0.2, 0.25) is 11.8 Å². The van der Waals surface area contributed by atoms with Crippen LogP contribution in [-0.4, -0.2) is 60.7 Å². The van der Waals surface area contributed by atoms with Crippen molar-refractivity contribution >= 4 is 29.3 Å². The van der Waals surface area contributed by atoms with Crippen molar-refractivity contribution in [2.45, 2.75) is 24.8 Å². The zero-order chi connectivity index (χ0) is 23.5. The fourth-order valence-corrected chi connectivity index (χ4v) is 4.64. The second kappa shape index (κ2) is 12.5. The number of anilines is 1. The Balaban J connectivity index is 2.10. The van der Waals surface area contributed by atoms with E-state index in [0.29, 0.717) is 23.8 Å². The Kier molecular flexibility index (Phi) is 9.71. The lowest BCUT2D eigenvalue weighted by Gasteiger charge is -2.30. The Hall–Kier alpha value is -3.37. The Labute approximate surface area is 192 Å². The minimum Gasteiger partial charge on any atom is -0.498 e. The fourth-order valence-electron chi connectivity index (χ4n) is 3.18. The zero-order valence-electron chi connectivity index (χ0n) is 18.2. The third kappa shape index (κ3) is 6.82. The molecule has 0 spiro atoms. The number of thioether (sulfide) groups is 1. The van der Waals surface area contributed by atoms with Gasteiger partial charge in [-0.05, 0) is 19.1 Å². The van der Waals surface area contributed by atoms with Crippen molar-refractivity contribution in [1.29, 1.82) is 10.5 Å². The van der Waals surface area contributed by atoms with Crippen LogP contribution in [0.4, 0.5) is 5.69 Å². The molecule has 3 unspecified atom stereocenters. The highest BCUT2D eigenvalue weighted by Crippen LogP contribution is 2.31. The maximum absolute atomic E-state index is 12.9. The summed E-state index contributed by atoms with van der Waals surface area (Å²) in [7, 11) is 1.53. The van der Waals surface area contributed by atoms with E-state index in [1.165, 1.54) is 18.9 Å². The zero-order valence-corrected chi connectivity index (χ0v) is 19.0. The number of ether oxygens (including phenoxy) is 2. The predicted octanol–water partition coefficient (Wildman–Crippen LogP) is 2.10. The molecule has 3 atom stereocenters. The standard InChI is InChI=1S/C22H27N5O4S/c1-4-27-20(28)11-17(14-32-22(27)19(12-24)21(29)25-9-8-23)26-16-6-5-7-18(10-16)31-13-15(2)30-3/h5-7,10,17,19,22,26H,2,4,9,11,13-14H2,1,3H3,(H,25,29). The number of carbonyl (C=O) groups excluding carboxylic acids is 2. The molecule has 9 nitrogen and oxygen atoms in total. The topological polar surface area (TPSA) is 127 Å². The highest BCUT2D eigenvalue weighted by molar-refractivity contribution is 8.00. The summed E-state index contributed by atoms with van der Waals surface area (Å²) in [5.74, 6) is -0.106. The van der Waals surface area contributed by atoms with Gasteiger partial charge in [0.15, 0.2) is 5.92 Å². The number of nitriles is 2. The molecular weight excluding hydrogens is 430 g/mol. The highest BCUT2D eigenvalue weighted by atomic mass is 32.2. The van der Waals surface area contributed by atoms with Crippen LogP contribution >= 0.6 is 11.8 Å². The van der Waals surface area contributed by atoms with Crippen LogP contribution in [0.15, 0.2) is 36.6 Å². The van der Waals surface area contributed by atoms with Crippen LogP contribution in [0.1, 0.15) is 13.3 Å². The van der Waals surface area contributed by atoms with Gasteiger partial charge in [-0.1, -0.05) is 12.6 Å². The minimum atomic E-state index is -1.07. The van der Waals surface area contributed by atoms with Gasteiger partial charge in [0.05, 0.1) is 19.2 Å². The van der Waals surface area contributed by atoms with Crippen molar-refractivity contribution in [2.24, 2.45) is 5.92 Å². The molecule has 1 aromatic carbocycles. The van der Waals surface area contributed by atoms with E-state index in [0.717, 1.165) is 5.69 Å². The monoisotopic (exact) mass is 457 g/mol. The molecule has 0 bridgehead atoms. The molecule has 2 rings (SSSR count). The predicted molar refractivity (Wildman–Crippen MR) is 121 cm³/mol. The number of methoxy groups -OCH3 is 1. The number of hydrogen-bond donors (Lipinski definition) is 2. The summed E-state index contributed by atoms with van der Waals surface area (Å²) in [6.07, 6.45) is 0.223. The van der Waals surface area contributed by atoms with E-state index in [-0.39, 0.29) is 31.5 Å². The number of benzene rings is 1. The molecule has 1 saturated heterocycles. The molecule has 2 amide bonds. The third-order valence-corrected chi connectivity index (χ3v) is 6.26. The highest BCUT2D eigenvalue weighted by Gasteiger charge is 2.38. The van der Waals surface area contributed by atoms with Crippen LogP contribution in [0.3, 0.4) is 0 Å². The molecule has 0 saturated carbocycles. The summed E-state index contributed by atoms with van der Waals surface area (Å²) in [5, 5.41) is 23.4. The molecule has 0 aromatic heterocycles. The molecule has 1 fully saturated rings. The quantitative estimate of drug-likeness (QED) is 0.404. The van der Waals surface area contributed by atoms with Crippen LogP contribution in [0.5, 0.6) is 5.75 Å². The summed E-state index contributed by atoms with van der Waals surface area (Å²) in [4.78, 5) is 26.9. The van der Waals surface area contributed by atoms with Gasteiger partial charge >= 0.3 is 0 Å². The van der Waals surface area contributed by atoms with Crippen molar-refractivity contribution in [2.75, 3.05) is 37.9 Å². The Bertz CT molecular complexity index is 910. The maximum Gasteiger partial charge on any atom is 0.241 e. The molecule has 1 aliphatic rings. The lowest BCUT2D eigenvalue weighted by atomic mass is 10.1. The summed E-state index contributed by atoms with van der Waals surface area (Å²) in [6, 6.07) is 11.0. The van der Waals surface area contributed by atoms with Gasteiger partial charge < -0.3 is 25.0 Å². The van der Waals surface area contributed by atoms with E-state index >= 15 is 0 Å². The molecule has 32 heavy (non-hydrogen) atoms. The first-order valence-electron chi connectivity index (χ1n) is 10.1.